The number of aliphatic hydroxyl groups excluding tert-OH is 1. The van der Waals surface area contributed by atoms with Crippen molar-refractivity contribution in [1.29, 1.82) is 0 Å². The molecule has 3 heterocycles. The first-order chi connectivity index (χ1) is 11.2. The van der Waals surface area contributed by atoms with Gasteiger partial charge in [-0.1, -0.05) is 0 Å². The van der Waals surface area contributed by atoms with Crippen LogP contribution in [0, 0.1) is 0 Å². The minimum Gasteiger partial charge on any atom is -0.390 e. The summed E-state index contributed by atoms with van der Waals surface area (Å²) in [6, 6.07) is 2.12. The number of aryl methyl sites for hydroxylation is 2. The smallest absolute Gasteiger partial charge is 0.263 e. The van der Waals surface area contributed by atoms with E-state index in [1.54, 1.807) is 11.3 Å². The zero-order valence-electron chi connectivity index (χ0n) is 13.6. The van der Waals surface area contributed by atoms with Crippen LogP contribution in [-0.4, -0.2) is 47.3 Å². The minimum atomic E-state index is -0.399. The summed E-state index contributed by atoms with van der Waals surface area (Å²) < 4.78 is 5.93. The van der Waals surface area contributed by atoms with E-state index in [-0.39, 0.29) is 12.0 Å². The van der Waals surface area contributed by atoms with Crippen molar-refractivity contribution in [2.75, 3.05) is 19.7 Å². The second-order valence-corrected chi connectivity index (χ2v) is 8.27. The van der Waals surface area contributed by atoms with Gasteiger partial charge >= 0.3 is 0 Å². The number of piperidine rings is 1. The lowest BCUT2D eigenvalue weighted by Gasteiger charge is -2.46. The molecule has 0 unspecified atom stereocenters. The third-order valence-electron chi connectivity index (χ3n) is 5.72. The van der Waals surface area contributed by atoms with E-state index in [0.717, 1.165) is 50.0 Å². The van der Waals surface area contributed by atoms with Gasteiger partial charge in [-0.05, 0) is 63.0 Å². The molecule has 23 heavy (non-hydrogen) atoms. The fraction of sp³-hybridized carbons (Fsp3) is 0.722. The fourth-order valence-corrected chi connectivity index (χ4v) is 5.45. The van der Waals surface area contributed by atoms with Gasteiger partial charge in [0.15, 0.2) is 0 Å². The largest absolute Gasteiger partial charge is 0.390 e. The van der Waals surface area contributed by atoms with Gasteiger partial charge in [0.1, 0.15) is 0 Å². The molecule has 4 nitrogen and oxygen atoms in total. The Hall–Kier alpha value is -0.910. The third-order valence-corrected chi connectivity index (χ3v) is 6.95. The van der Waals surface area contributed by atoms with Gasteiger partial charge in [-0.3, -0.25) is 4.79 Å². The summed E-state index contributed by atoms with van der Waals surface area (Å²) in [5.41, 5.74) is 0.994. The highest BCUT2D eigenvalue weighted by Crippen LogP contribution is 2.36. The van der Waals surface area contributed by atoms with Gasteiger partial charge in [-0.15, -0.1) is 11.3 Å². The maximum atomic E-state index is 12.8. The van der Waals surface area contributed by atoms with Crippen LogP contribution in [0.15, 0.2) is 6.07 Å². The van der Waals surface area contributed by atoms with E-state index in [4.69, 9.17) is 4.74 Å². The molecule has 0 aromatic carbocycles. The first-order valence-corrected chi connectivity index (χ1v) is 9.72. The molecule has 2 fully saturated rings. The number of carbonyl (C=O) groups excluding carboxylic acids is 1. The molecule has 4 rings (SSSR count). The van der Waals surface area contributed by atoms with Crippen molar-refractivity contribution in [3.63, 3.8) is 0 Å². The third kappa shape index (κ3) is 2.83. The molecular weight excluding hydrogens is 310 g/mol. The van der Waals surface area contributed by atoms with Crippen LogP contribution in [0.1, 0.15) is 58.6 Å². The van der Waals surface area contributed by atoms with Gasteiger partial charge in [0.25, 0.3) is 5.91 Å². The highest BCUT2D eigenvalue weighted by Gasteiger charge is 2.44. The van der Waals surface area contributed by atoms with Crippen molar-refractivity contribution >= 4 is 17.2 Å². The maximum Gasteiger partial charge on any atom is 0.263 e. The van der Waals surface area contributed by atoms with E-state index in [0.29, 0.717) is 13.1 Å². The number of ether oxygens (including phenoxy) is 1. The van der Waals surface area contributed by atoms with E-state index < -0.39 is 5.60 Å². The fourth-order valence-electron chi connectivity index (χ4n) is 4.23. The highest BCUT2D eigenvalue weighted by atomic mass is 32.1. The van der Waals surface area contributed by atoms with Crippen LogP contribution in [-0.2, 0) is 17.6 Å². The molecule has 0 saturated carbocycles. The van der Waals surface area contributed by atoms with Crippen molar-refractivity contribution in [3.05, 3.63) is 21.4 Å². The summed E-state index contributed by atoms with van der Waals surface area (Å²) in [6.45, 7) is 2.12. The van der Waals surface area contributed by atoms with Crippen LogP contribution < -0.4 is 0 Å². The lowest BCUT2D eigenvalue weighted by atomic mass is 9.82. The second-order valence-electron chi connectivity index (χ2n) is 7.13. The molecule has 3 aliphatic rings. The second kappa shape index (κ2) is 6.19. The molecular formula is C18H25NO3S. The molecule has 1 amide bonds. The van der Waals surface area contributed by atoms with Crippen LogP contribution in [0.5, 0.6) is 0 Å². The quantitative estimate of drug-likeness (QED) is 0.858. The SMILES string of the molecule is O=C(c1cc2c(s1)CCCC2)N1CCC2(CC1)OCCC[C@H]2O. The molecule has 1 aliphatic carbocycles. The summed E-state index contributed by atoms with van der Waals surface area (Å²) >= 11 is 1.69. The number of fused-ring (bicyclic) bond motifs is 1. The maximum absolute atomic E-state index is 12.8. The molecule has 1 aromatic rings. The molecule has 0 bridgehead atoms. The summed E-state index contributed by atoms with van der Waals surface area (Å²) in [5, 5.41) is 10.3. The Morgan fingerprint density at radius 1 is 1.26 bits per heavy atom. The Bertz CT molecular complexity index is 566. The summed E-state index contributed by atoms with van der Waals surface area (Å²) in [7, 11) is 0. The zero-order valence-corrected chi connectivity index (χ0v) is 14.4. The number of likely N-dealkylation sites (tertiary alicyclic amines) is 1. The topological polar surface area (TPSA) is 49.8 Å². The number of nitrogens with zero attached hydrogens (tertiary/aromatic N) is 1. The van der Waals surface area contributed by atoms with Crippen LogP contribution in [0.3, 0.4) is 0 Å². The molecule has 1 aromatic heterocycles. The molecule has 2 saturated heterocycles. The molecule has 5 heteroatoms. The van der Waals surface area contributed by atoms with Gasteiger partial charge in [-0.25, -0.2) is 0 Å². The van der Waals surface area contributed by atoms with Gasteiger partial charge in [0, 0.05) is 24.6 Å². The standard InChI is InChI=1S/C18H25NO3S/c20-16-6-3-11-22-18(16)7-9-19(10-8-18)17(21)15-12-13-4-1-2-5-14(13)23-15/h12,16,20H,1-11H2/t16-/m1/s1. The Morgan fingerprint density at radius 2 is 2.04 bits per heavy atom. The van der Waals surface area contributed by atoms with Gasteiger partial charge < -0.3 is 14.7 Å². The Balaban J connectivity index is 1.43. The van der Waals surface area contributed by atoms with E-state index in [1.807, 2.05) is 4.90 Å². The summed E-state index contributed by atoms with van der Waals surface area (Å²) in [5.74, 6) is 0.171. The number of hydrogen-bond acceptors (Lipinski definition) is 4. The zero-order chi connectivity index (χ0) is 15.9. The molecule has 1 spiro atoms. The number of carbonyl (C=O) groups is 1. The normalized spacial score (nSPS) is 27.0. The average Bonchev–Trinajstić information content (AvgIpc) is 3.02. The van der Waals surface area contributed by atoms with Crippen molar-refractivity contribution in [1.82, 2.24) is 4.90 Å². The van der Waals surface area contributed by atoms with Crippen molar-refractivity contribution < 1.29 is 14.6 Å². The molecule has 1 atom stereocenters. The van der Waals surface area contributed by atoms with Crippen LogP contribution in [0.4, 0.5) is 0 Å². The predicted molar refractivity (Wildman–Crippen MR) is 90.0 cm³/mol. The summed E-state index contributed by atoms with van der Waals surface area (Å²) in [6.07, 6.45) is 7.66. The Kier molecular flexibility index (Phi) is 4.20. The number of thiophene rings is 1. The van der Waals surface area contributed by atoms with Crippen molar-refractivity contribution in [3.8, 4) is 0 Å². The first kappa shape index (κ1) is 15.6. The van der Waals surface area contributed by atoms with Gasteiger partial charge in [0.2, 0.25) is 0 Å². The highest BCUT2D eigenvalue weighted by molar-refractivity contribution is 7.14. The number of rotatable bonds is 1. The first-order valence-electron chi connectivity index (χ1n) is 8.91. The minimum absolute atomic E-state index is 0.171. The van der Waals surface area contributed by atoms with Crippen LogP contribution >= 0.6 is 11.3 Å². The molecule has 126 valence electrons. The number of aliphatic hydroxyl groups is 1. The van der Waals surface area contributed by atoms with Crippen molar-refractivity contribution in [2.24, 2.45) is 0 Å². The predicted octanol–water partition coefficient (Wildman–Crippen LogP) is 2.77. The average molecular weight is 335 g/mol. The van der Waals surface area contributed by atoms with Crippen LogP contribution in [0.2, 0.25) is 0 Å². The number of amides is 1. The van der Waals surface area contributed by atoms with E-state index >= 15 is 0 Å². The lowest BCUT2D eigenvalue weighted by Crippen LogP contribution is -2.56. The number of hydrogen-bond donors (Lipinski definition) is 1. The Morgan fingerprint density at radius 3 is 2.78 bits per heavy atom. The van der Waals surface area contributed by atoms with Crippen molar-refractivity contribution in [2.45, 2.75) is 63.1 Å². The lowest BCUT2D eigenvalue weighted by molar-refractivity contribution is -0.174. The van der Waals surface area contributed by atoms with E-state index in [2.05, 4.69) is 6.07 Å². The van der Waals surface area contributed by atoms with E-state index in [1.165, 1.54) is 23.3 Å². The summed E-state index contributed by atoms with van der Waals surface area (Å²) in [4.78, 5) is 17.1. The van der Waals surface area contributed by atoms with E-state index in [9.17, 15) is 9.90 Å². The molecule has 2 aliphatic heterocycles. The van der Waals surface area contributed by atoms with Gasteiger partial charge in [-0.2, -0.15) is 0 Å². The molecule has 1 N–H and O–H groups in total. The molecule has 0 radical (unpaired) electrons. The van der Waals surface area contributed by atoms with Gasteiger partial charge in [0.05, 0.1) is 16.6 Å². The van der Waals surface area contributed by atoms with Crippen LogP contribution in [0.25, 0.3) is 0 Å². The Labute approximate surface area is 141 Å². The monoisotopic (exact) mass is 335 g/mol.